The van der Waals surface area contributed by atoms with Crippen LogP contribution in [-0.2, 0) is 37.5 Å². The number of hydrogen-bond acceptors (Lipinski definition) is 2. The minimum atomic E-state index is -2.59. The zero-order valence-electron chi connectivity index (χ0n) is 13.1. The second kappa shape index (κ2) is 10.3. The molecule has 0 aliphatic carbocycles. The van der Waals surface area contributed by atoms with Gasteiger partial charge in [0.05, 0.1) is 6.54 Å². The maximum atomic E-state index is 12.7. The predicted molar refractivity (Wildman–Crippen MR) is 86.7 cm³/mol. The molecule has 1 aliphatic heterocycles. The third-order valence-corrected chi connectivity index (χ3v) is 3.86. The van der Waals surface area contributed by atoms with Gasteiger partial charge in [-0.25, -0.2) is 14.9 Å². The molecule has 3 nitrogen and oxygen atoms in total. The Kier molecular flexibility index (Phi) is 9.11. The molecule has 1 heterocycles. The molecule has 1 amide bonds. The van der Waals surface area contributed by atoms with Crippen LogP contribution in [0.3, 0.4) is 0 Å². The smallest absolute Gasteiger partial charge is 0.256 e. The number of nitrogens with zero attached hydrogens (tertiary/aromatic N) is 1. The molecular weight excluding hydrogens is 457 g/mol. The number of benzene rings is 1. The van der Waals surface area contributed by atoms with Crippen LogP contribution < -0.4 is 4.74 Å². The average Bonchev–Trinajstić information content (AvgIpc) is 2.50. The Labute approximate surface area is 173 Å². The van der Waals surface area contributed by atoms with E-state index in [9.17, 15) is 13.6 Å². The molecule has 125 valence electrons. The van der Waals surface area contributed by atoms with Gasteiger partial charge < -0.3 is 9.64 Å². The van der Waals surface area contributed by atoms with Crippen molar-refractivity contribution in [2.75, 3.05) is 13.2 Å². The number of carbonyl (C=O) groups excluding carboxylic acids is 1. The fraction of sp³-hybridized carbons (Fsp3) is 0.353. The summed E-state index contributed by atoms with van der Waals surface area (Å²) in [7, 11) is 0. The van der Waals surface area contributed by atoms with Crippen molar-refractivity contribution in [1.29, 1.82) is 0 Å². The van der Waals surface area contributed by atoms with Crippen molar-refractivity contribution >= 4 is 27.5 Å². The minimum absolute atomic E-state index is 0. The Balaban J connectivity index is 0.00000288. The molecule has 0 bridgehead atoms. The number of hydrogen-bond donors (Lipinski definition) is 0. The Bertz CT molecular complexity index is 683. The average molecular weight is 472 g/mol. The molecule has 7 heteroatoms. The fourth-order valence-corrected chi connectivity index (χ4v) is 2.73. The summed E-state index contributed by atoms with van der Waals surface area (Å²) in [5.41, 5.74) is 1.01. The molecular formula is C17H15BrF2NO2Y-. The zero-order chi connectivity index (χ0) is 16.8. The SMILES string of the molecule is CC#CCOc1ccc(C2=[C-]CCC(=O)N2CC(F)F)c(Br)c1.[Y]. The van der Waals surface area contributed by atoms with Crippen LogP contribution in [0.2, 0.25) is 0 Å². The molecule has 1 aromatic rings. The van der Waals surface area contributed by atoms with Crippen molar-refractivity contribution < 1.29 is 51.0 Å². The zero-order valence-corrected chi connectivity index (χ0v) is 17.5. The van der Waals surface area contributed by atoms with Gasteiger partial charge in [0.1, 0.15) is 12.4 Å². The first-order valence-electron chi connectivity index (χ1n) is 7.04. The molecule has 2 rings (SSSR count). The van der Waals surface area contributed by atoms with Crippen LogP contribution >= 0.6 is 15.9 Å². The summed E-state index contributed by atoms with van der Waals surface area (Å²) in [5.74, 6) is 5.80. The van der Waals surface area contributed by atoms with Gasteiger partial charge in [0.25, 0.3) is 6.43 Å². The molecule has 0 atom stereocenters. The first kappa shape index (κ1) is 21.3. The van der Waals surface area contributed by atoms with Gasteiger partial charge in [-0.2, -0.15) is 0 Å². The van der Waals surface area contributed by atoms with E-state index in [0.29, 0.717) is 27.9 Å². The maximum Gasteiger partial charge on any atom is 0.256 e. The van der Waals surface area contributed by atoms with Crippen LogP contribution in [0.4, 0.5) is 8.78 Å². The molecule has 0 saturated carbocycles. The number of ether oxygens (including phenoxy) is 1. The molecule has 0 fully saturated rings. The van der Waals surface area contributed by atoms with Gasteiger partial charge in [-0.15, -0.1) is 29.7 Å². The first-order chi connectivity index (χ1) is 11.0. The summed E-state index contributed by atoms with van der Waals surface area (Å²) >= 11 is 3.40. The number of carbonyl (C=O) groups is 1. The van der Waals surface area contributed by atoms with Crippen LogP contribution in [-0.4, -0.2) is 30.4 Å². The van der Waals surface area contributed by atoms with E-state index in [1.54, 1.807) is 25.1 Å². The van der Waals surface area contributed by atoms with Crippen molar-refractivity contribution in [3.63, 3.8) is 0 Å². The summed E-state index contributed by atoms with van der Waals surface area (Å²) in [6, 6.07) is 5.16. The summed E-state index contributed by atoms with van der Waals surface area (Å²) in [4.78, 5) is 13.0. The van der Waals surface area contributed by atoms with E-state index in [1.807, 2.05) is 0 Å². The summed E-state index contributed by atoms with van der Waals surface area (Å²) in [6.45, 7) is 1.37. The first-order valence-corrected chi connectivity index (χ1v) is 7.84. The normalized spacial score (nSPS) is 13.8. The molecule has 0 N–H and O–H groups in total. The number of halogens is 3. The van der Waals surface area contributed by atoms with Crippen LogP contribution in [0.15, 0.2) is 22.7 Å². The van der Waals surface area contributed by atoms with E-state index < -0.39 is 13.0 Å². The van der Waals surface area contributed by atoms with Gasteiger partial charge in [0, 0.05) is 39.1 Å². The van der Waals surface area contributed by atoms with Gasteiger partial charge >= 0.3 is 0 Å². The summed E-state index contributed by atoms with van der Waals surface area (Å²) in [6.07, 6.45) is 1.05. The number of rotatable bonds is 5. The van der Waals surface area contributed by atoms with Crippen LogP contribution in [0, 0.1) is 17.9 Å². The van der Waals surface area contributed by atoms with E-state index in [2.05, 4.69) is 33.8 Å². The second-order valence-electron chi connectivity index (χ2n) is 4.78. The van der Waals surface area contributed by atoms with Crippen molar-refractivity contribution in [1.82, 2.24) is 4.90 Å². The predicted octanol–water partition coefficient (Wildman–Crippen LogP) is 3.88. The number of alkyl halides is 2. The van der Waals surface area contributed by atoms with E-state index in [-0.39, 0.29) is 51.6 Å². The molecule has 1 aromatic carbocycles. The van der Waals surface area contributed by atoms with Crippen LogP contribution in [0.25, 0.3) is 5.70 Å². The monoisotopic (exact) mass is 471 g/mol. The largest absolute Gasteiger partial charge is 0.481 e. The molecule has 0 spiro atoms. The molecule has 0 saturated heterocycles. The Hall–Kier alpha value is -0.766. The molecule has 24 heavy (non-hydrogen) atoms. The van der Waals surface area contributed by atoms with Gasteiger partial charge in [-0.3, -0.25) is 4.79 Å². The van der Waals surface area contributed by atoms with Crippen molar-refractivity contribution in [3.8, 4) is 17.6 Å². The maximum absolute atomic E-state index is 12.7. The van der Waals surface area contributed by atoms with Gasteiger partial charge in [0.15, 0.2) is 0 Å². The Morgan fingerprint density at radius 1 is 1.46 bits per heavy atom. The molecule has 1 radical (unpaired) electrons. The Morgan fingerprint density at radius 3 is 2.83 bits per heavy atom. The van der Waals surface area contributed by atoms with Gasteiger partial charge in [-0.1, -0.05) is 26.3 Å². The minimum Gasteiger partial charge on any atom is -0.481 e. The van der Waals surface area contributed by atoms with Gasteiger partial charge in [0.2, 0.25) is 5.91 Å². The van der Waals surface area contributed by atoms with Crippen LogP contribution in [0.1, 0.15) is 25.3 Å². The van der Waals surface area contributed by atoms with E-state index >= 15 is 0 Å². The third-order valence-electron chi connectivity index (χ3n) is 3.21. The van der Waals surface area contributed by atoms with E-state index in [0.717, 1.165) is 4.90 Å². The standard InChI is InChI=1S/C17H15BrF2NO2.Y/c1-2-3-9-23-12-7-8-13(14(18)10-12)15-5-4-6-17(22)21(15)11-16(19)20;/h7-8,10,16H,4,6,9,11H2,1H3;/q-1;. The van der Waals surface area contributed by atoms with Crippen molar-refractivity contribution in [3.05, 3.63) is 34.3 Å². The molecule has 0 aromatic heterocycles. The quantitative estimate of drug-likeness (QED) is 0.481. The number of amides is 1. The molecule has 0 unspecified atom stereocenters. The number of allylic oxidation sites excluding steroid dienone is 1. The second-order valence-corrected chi connectivity index (χ2v) is 5.63. The molecule has 1 aliphatic rings. The van der Waals surface area contributed by atoms with Crippen LogP contribution in [0.5, 0.6) is 5.75 Å². The van der Waals surface area contributed by atoms with E-state index in [4.69, 9.17) is 4.74 Å². The third kappa shape index (κ3) is 5.65. The fourth-order valence-electron chi connectivity index (χ4n) is 2.18. The summed E-state index contributed by atoms with van der Waals surface area (Å²) in [5, 5.41) is 0. The Morgan fingerprint density at radius 2 is 2.21 bits per heavy atom. The topological polar surface area (TPSA) is 29.5 Å². The van der Waals surface area contributed by atoms with E-state index in [1.165, 1.54) is 0 Å². The van der Waals surface area contributed by atoms with Crippen molar-refractivity contribution in [2.45, 2.75) is 26.2 Å². The summed E-state index contributed by atoms with van der Waals surface area (Å²) < 4.78 is 31.6. The van der Waals surface area contributed by atoms with Gasteiger partial charge in [-0.05, 0) is 19.1 Å². The van der Waals surface area contributed by atoms with Crippen molar-refractivity contribution in [2.24, 2.45) is 0 Å².